The van der Waals surface area contributed by atoms with Crippen LogP contribution in [-0.4, -0.2) is 54.5 Å². The summed E-state index contributed by atoms with van der Waals surface area (Å²) in [7, 11) is 1.89. The summed E-state index contributed by atoms with van der Waals surface area (Å²) in [6, 6.07) is 0.760. The van der Waals surface area contributed by atoms with E-state index in [1.165, 1.54) is 25.7 Å². The molecule has 0 aromatic carbocycles. The first-order valence-corrected chi connectivity index (χ1v) is 7.71. The molecule has 1 aliphatic rings. The van der Waals surface area contributed by atoms with E-state index in [4.69, 9.17) is 5.73 Å². The molecule has 4 nitrogen and oxygen atoms in total. The van der Waals surface area contributed by atoms with Gasteiger partial charge in [-0.25, -0.2) is 0 Å². The van der Waals surface area contributed by atoms with Crippen molar-refractivity contribution in [1.29, 1.82) is 0 Å². The van der Waals surface area contributed by atoms with Crippen molar-refractivity contribution >= 4 is 5.91 Å². The van der Waals surface area contributed by atoms with E-state index < -0.39 is 0 Å². The van der Waals surface area contributed by atoms with Gasteiger partial charge in [-0.2, -0.15) is 0 Å². The predicted molar refractivity (Wildman–Crippen MR) is 80.0 cm³/mol. The van der Waals surface area contributed by atoms with Gasteiger partial charge in [0.15, 0.2) is 0 Å². The maximum absolute atomic E-state index is 12.2. The zero-order chi connectivity index (χ0) is 14.4. The zero-order valence-electron chi connectivity index (χ0n) is 13.1. The Bertz CT molecular complexity index is 281. The van der Waals surface area contributed by atoms with Crippen molar-refractivity contribution < 1.29 is 4.79 Å². The van der Waals surface area contributed by atoms with Gasteiger partial charge in [-0.15, -0.1) is 0 Å². The minimum absolute atomic E-state index is 0.221. The van der Waals surface area contributed by atoms with Crippen molar-refractivity contribution in [3.8, 4) is 0 Å². The van der Waals surface area contributed by atoms with Crippen LogP contribution in [0, 0.1) is 5.92 Å². The average Bonchev–Trinajstić information content (AvgIpc) is 2.43. The van der Waals surface area contributed by atoms with Gasteiger partial charge in [0.1, 0.15) is 0 Å². The molecule has 2 N–H and O–H groups in total. The third kappa shape index (κ3) is 4.46. The lowest BCUT2D eigenvalue weighted by atomic mass is 9.83. The van der Waals surface area contributed by atoms with Crippen LogP contribution in [0.25, 0.3) is 0 Å². The van der Waals surface area contributed by atoms with Crippen molar-refractivity contribution in [3.63, 3.8) is 0 Å². The predicted octanol–water partition coefficient (Wildman–Crippen LogP) is 1.69. The monoisotopic (exact) mass is 269 g/mol. The Morgan fingerprint density at radius 2 is 1.95 bits per heavy atom. The lowest BCUT2D eigenvalue weighted by Crippen LogP contribution is -2.49. The SMILES string of the molecule is CCN(CC(=O)N(C)C(C)C)C1CCCCC1CN. The summed E-state index contributed by atoms with van der Waals surface area (Å²) in [5.74, 6) is 0.782. The number of hydrogen-bond donors (Lipinski definition) is 1. The summed E-state index contributed by atoms with van der Waals surface area (Å²) in [5, 5.41) is 0. The van der Waals surface area contributed by atoms with E-state index in [1.807, 2.05) is 11.9 Å². The maximum atomic E-state index is 12.2. The van der Waals surface area contributed by atoms with Gasteiger partial charge in [-0.05, 0) is 45.7 Å². The molecule has 0 radical (unpaired) electrons. The number of carbonyl (C=O) groups excluding carboxylic acids is 1. The molecule has 2 atom stereocenters. The van der Waals surface area contributed by atoms with Gasteiger partial charge >= 0.3 is 0 Å². The fourth-order valence-electron chi connectivity index (χ4n) is 2.98. The molecule has 1 aliphatic carbocycles. The highest BCUT2D eigenvalue weighted by atomic mass is 16.2. The van der Waals surface area contributed by atoms with Crippen LogP contribution < -0.4 is 5.73 Å². The fourth-order valence-corrected chi connectivity index (χ4v) is 2.98. The summed E-state index contributed by atoms with van der Waals surface area (Å²) in [6.07, 6.45) is 4.96. The first-order valence-electron chi connectivity index (χ1n) is 7.71. The molecule has 0 heterocycles. The molecule has 112 valence electrons. The van der Waals surface area contributed by atoms with Crippen molar-refractivity contribution in [2.75, 3.05) is 26.7 Å². The molecule has 0 aliphatic heterocycles. The number of rotatable bonds is 6. The van der Waals surface area contributed by atoms with Gasteiger partial charge < -0.3 is 10.6 Å². The molecule has 1 amide bonds. The van der Waals surface area contributed by atoms with Crippen molar-refractivity contribution in [1.82, 2.24) is 9.80 Å². The van der Waals surface area contributed by atoms with Crippen LogP contribution >= 0.6 is 0 Å². The number of hydrogen-bond acceptors (Lipinski definition) is 3. The molecule has 4 heteroatoms. The van der Waals surface area contributed by atoms with E-state index in [1.54, 1.807) is 0 Å². The van der Waals surface area contributed by atoms with Gasteiger partial charge in [-0.1, -0.05) is 19.8 Å². The summed E-state index contributed by atoms with van der Waals surface area (Å²) >= 11 is 0. The Labute approximate surface area is 118 Å². The normalized spacial score (nSPS) is 23.9. The first kappa shape index (κ1) is 16.4. The lowest BCUT2D eigenvalue weighted by Gasteiger charge is -2.39. The molecule has 0 aromatic rings. The highest BCUT2D eigenvalue weighted by Crippen LogP contribution is 2.27. The van der Waals surface area contributed by atoms with Gasteiger partial charge in [0, 0.05) is 19.1 Å². The van der Waals surface area contributed by atoms with E-state index in [0.717, 1.165) is 13.1 Å². The van der Waals surface area contributed by atoms with Crippen molar-refractivity contribution in [2.45, 2.75) is 58.5 Å². The molecular weight excluding hydrogens is 238 g/mol. The smallest absolute Gasteiger partial charge is 0.236 e. The van der Waals surface area contributed by atoms with Crippen LogP contribution in [0.1, 0.15) is 46.5 Å². The molecule has 0 bridgehead atoms. The summed E-state index contributed by atoms with van der Waals surface area (Å²) in [5.41, 5.74) is 5.90. The molecule has 1 rings (SSSR count). The van der Waals surface area contributed by atoms with Crippen LogP contribution in [0.2, 0.25) is 0 Å². The zero-order valence-corrected chi connectivity index (χ0v) is 13.1. The minimum atomic E-state index is 0.221. The van der Waals surface area contributed by atoms with E-state index in [2.05, 4.69) is 25.7 Å². The van der Waals surface area contributed by atoms with Crippen LogP contribution in [0.3, 0.4) is 0 Å². The topological polar surface area (TPSA) is 49.6 Å². The van der Waals surface area contributed by atoms with E-state index in [9.17, 15) is 4.79 Å². The molecule has 19 heavy (non-hydrogen) atoms. The third-order valence-corrected chi connectivity index (χ3v) is 4.55. The summed E-state index contributed by atoms with van der Waals surface area (Å²) < 4.78 is 0. The van der Waals surface area contributed by atoms with E-state index in [-0.39, 0.29) is 11.9 Å². The van der Waals surface area contributed by atoms with Crippen molar-refractivity contribution in [2.24, 2.45) is 11.7 Å². The van der Waals surface area contributed by atoms with Crippen LogP contribution in [-0.2, 0) is 4.79 Å². The standard InChI is InChI=1S/C15H31N3O/c1-5-18(11-15(19)17(4)12(2)3)14-9-7-6-8-13(14)10-16/h12-14H,5-11,16H2,1-4H3. The molecule has 0 saturated heterocycles. The Morgan fingerprint density at radius 3 is 2.47 bits per heavy atom. The molecule has 1 saturated carbocycles. The number of amides is 1. The average molecular weight is 269 g/mol. The minimum Gasteiger partial charge on any atom is -0.342 e. The molecule has 1 fully saturated rings. The second-order valence-electron chi connectivity index (χ2n) is 6.01. The Morgan fingerprint density at radius 1 is 1.32 bits per heavy atom. The number of carbonyl (C=O) groups is 1. The molecule has 0 spiro atoms. The van der Waals surface area contributed by atoms with Crippen LogP contribution in [0.5, 0.6) is 0 Å². The second kappa shape index (κ2) is 7.85. The van der Waals surface area contributed by atoms with Gasteiger partial charge in [0.05, 0.1) is 6.54 Å². The van der Waals surface area contributed by atoms with E-state index in [0.29, 0.717) is 18.5 Å². The quantitative estimate of drug-likeness (QED) is 0.798. The molecule has 2 unspecified atom stereocenters. The highest BCUT2D eigenvalue weighted by Gasteiger charge is 2.30. The Balaban J connectivity index is 2.63. The summed E-state index contributed by atoms with van der Waals surface area (Å²) in [4.78, 5) is 16.4. The molecule has 0 aromatic heterocycles. The van der Waals surface area contributed by atoms with Crippen molar-refractivity contribution in [3.05, 3.63) is 0 Å². The number of likely N-dealkylation sites (N-methyl/N-ethyl adjacent to an activating group) is 2. The fraction of sp³-hybridized carbons (Fsp3) is 0.933. The largest absolute Gasteiger partial charge is 0.342 e. The Kier molecular flexibility index (Phi) is 6.80. The maximum Gasteiger partial charge on any atom is 0.236 e. The third-order valence-electron chi connectivity index (χ3n) is 4.55. The first-order chi connectivity index (χ1) is 9.01. The number of nitrogens with two attached hydrogens (primary N) is 1. The second-order valence-corrected chi connectivity index (χ2v) is 6.01. The molecular formula is C15H31N3O. The van der Waals surface area contributed by atoms with Gasteiger partial charge in [0.25, 0.3) is 0 Å². The highest BCUT2D eigenvalue weighted by molar-refractivity contribution is 5.78. The lowest BCUT2D eigenvalue weighted by molar-refractivity contribution is -0.133. The Hall–Kier alpha value is -0.610. The van der Waals surface area contributed by atoms with Crippen LogP contribution in [0.15, 0.2) is 0 Å². The van der Waals surface area contributed by atoms with E-state index >= 15 is 0 Å². The van der Waals surface area contributed by atoms with Gasteiger partial charge in [-0.3, -0.25) is 9.69 Å². The number of nitrogens with zero attached hydrogens (tertiary/aromatic N) is 2. The summed E-state index contributed by atoms with van der Waals surface area (Å²) in [6.45, 7) is 8.46. The van der Waals surface area contributed by atoms with Gasteiger partial charge in [0.2, 0.25) is 5.91 Å². The van der Waals surface area contributed by atoms with Crippen LogP contribution in [0.4, 0.5) is 0 Å².